The average Bonchev–Trinajstić information content (AvgIpc) is 2.71. The van der Waals surface area contributed by atoms with Crippen LogP contribution in [0, 0.1) is 5.92 Å². The second kappa shape index (κ2) is 5.25. The van der Waals surface area contributed by atoms with Crippen LogP contribution in [0.1, 0.15) is 39.0 Å². The van der Waals surface area contributed by atoms with E-state index in [-0.39, 0.29) is 0 Å². The predicted octanol–water partition coefficient (Wildman–Crippen LogP) is 1.53. The van der Waals surface area contributed by atoms with E-state index in [0.717, 1.165) is 18.5 Å². The summed E-state index contributed by atoms with van der Waals surface area (Å²) in [6.45, 7) is 5.73. The van der Waals surface area contributed by atoms with Crippen molar-refractivity contribution in [3.05, 3.63) is 0 Å². The molecule has 2 N–H and O–H groups in total. The zero-order valence-corrected chi connectivity index (χ0v) is 11.8. The lowest BCUT2D eigenvalue weighted by atomic mass is 9.84. The first kappa shape index (κ1) is 13.3. The highest BCUT2D eigenvalue weighted by Gasteiger charge is 2.44. The molecule has 2 atom stereocenters. The zero-order chi connectivity index (χ0) is 12.5. The van der Waals surface area contributed by atoms with Crippen LogP contribution < -0.4 is 5.73 Å². The fourth-order valence-corrected chi connectivity index (χ4v) is 3.96. The van der Waals surface area contributed by atoms with Gasteiger partial charge in [-0.05, 0) is 45.7 Å². The van der Waals surface area contributed by atoms with Crippen molar-refractivity contribution < 1.29 is 0 Å². The van der Waals surface area contributed by atoms with Crippen molar-refractivity contribution in [3.8, 4) is 0 Å². The first-order valence-corrected chi connectivity index (χ1v) is 7.21. The van der Waals surface area contributed by atoms with E-state index in [9.17, 15) is 0 Å². The number of hydrogen-bond donors (Lipinski definition) is 1. The molecular formula is C14H29N3. The largest absolute Gasteiger partial charge is 0.329 e. The van der Waals surface area contributed by atoms with Gasteiger partial charge in [0.15, 0.2) is 0 Å². The van der Waals surface area contributed by atoms with Crippen molar-refractivity contribution in [2.75, 3.05) is 33.7 Å². The average molecular weight is 239 g/mol. The molecule has 1 heterocycles. The third-order valence-electron chi connectivity index (χ3n) is 5.34. The summed E-state index contributed by atoms with van der Waals surface area (Å²) >= 11 is 0. The fourth-order valence-electron chi connectivity index (χ4n) is 3.96. The molecule has 3 nitrogen and oxygen atoms in total. The van der Waals surface area contributed by atoms with Crippen LogP contribution >= 0.6 is 0 Å². The number of rotatable bonds is 3. The van der Waals surface area contributed by atoms with E-state index in [4.69, 9.17) is 5.73 Å². The number of nitrogens with two attached hydrogens (primary N) is 1. The van der Waals surface area contributed by atoms with Crippen LogP contribution in [-0.2, 0) is 0 Å². The molecule has 100 valence electrons. The van der Waals surface area contributed by atoms with E-state index in [1.54, 1.807) is 0 Å². The molecule has 0 spiro atoms. The van der Waals surface area contributed by atoms with Crippen molar-refractivity contribution in [1.82, 2.24) is 9.80 Å². The van der Waals surface area contributed by atoms with Crippen LogP contribution in [-0.4, -0.2) is 55.1 Å². The molecule has 0 aromatic heterocycles. The molecule has 17 heavy (non-hydrogen) atoms. The lowest BCUT2D eigenvalue weighted by Gasteiger charge is -2.48. The first-order chi connectivity index (χ1) is 8.10. The molecule has 1 aliphatic heterocycles. The number of piperidine rings is 1. The van der Waals surface area contributed by atoms with Gasteiger partial charge >= 0.3 is 0 Å². The van der Waals surface area contributed by atoms with E-state index in [0.29, 0.717) is 5.54 Å². The maximum Gasteiger partial charge on any atom is 0.0357 e. The fraction of sp³-hybridized carbons (Fsp3) is 1.00. The molecule has 2 unspecified atom stereocenters. The minimum Gasteiger partial charge on any atom is -0.329 e. The minimum atomic E-state index is 0.331. The first-order valence-electron chi connectivity index (χ1n) is 7.21. The quantitative estimate of drug-likeness (QED) is 0.811. The van der Waals surface area contributed by atoms with Crippen molar-refractivity contribution >= 4 is 0 Å². The third kappa shape index (κ3) is 2.38. The van der Waals surface area contributed by atoms with Gasteiger partial charge in [0, 0.05) is 31.2 Å². The molecule has 0 radical (unpaired) electrons. The van der Waals surface area contributed by atoms with Gasteiger partial charge in [0.2, 0.25) is 0 Å². The maximum absolute atomic E-state index is 6.13. The van der Waals surface area contributed by atoms with Crippen molar-refractivity contribution in [1.29, 1.82) is 0 Å². The highest BCUT2D eigenvalue weighted by molar-refractivity contribution is 5.01. The molecule has 0 aromatic carbocycles. The van der Waals surface area contributed by atoms with Crippen LogP contribution in [0.15, 0.2) is 0 Å². The highest BCUT2D eigenvalue weighted by atomic mass is 15.2. The van der Waals surface area contributed by atoms with Gasteiger partial charge in [0.25, 0.3) is 0 Å². The highest BCUT2D eigenvalue weighted by Crippen LogP contribution is 2.40. The van der Waals surface area contributed by atoms with E-state index < -0.39 is 0 Å². The number of nitrogens with zero attached hydrogens (tertiary/aromatic N) is 2. The summed E-state index contributed by atoms with van der Waals surface area (Å²) < 4.78 is 0. The molecule has 0 amide bonds. The summed E-state index contributed by atoms with van der Waals surface area (Å²) in [5, 5.41) is 0. The minimum absolute atomic E-state index is 0.331. The Kier molecular flexibility index (Phi) is 4.11. The SMILES string of the molecule is CC1CCCC1(CN)N1CCC(N(C)C)CC1. The van der Waals surface area contributed by atoms with E-state index in [2.05, 4.69) is 30.8 Å². The predicted molar refractivity (Wildman–Crippen MR) is 73.1 cm³/mol. The molecule has 1 aliphatic carbocycles. The Hall–Kier alpha value is -0.120. The zero-order valence-electron chi connectivity index (χ0n) is 11.8. The van der Waals surface area contributed by atoms with Gasteiger partial charge in [-0.15, -0.1) is 0 Å². The lowest BCUT2D eigenvalue weighted by Crippen LogP contribution is -2.59. The van der Waals surface area contributed by atoms with Gasteiger partial charge in [0.1, 0.15) is 0 Å². The monoisotopic (exact) mass is 239 g/mol. The molecule has 3 heteroatoms. The van der Waals surface area contributed by atoms with E-state index in [1.165, 1.54) is 45.2 Å². The second-order valence-corrected chi connectivity index (χ2v) is 6.28. The smallest absolute Gasteiger partial charge is 0.0357 e. The van der Waals surface area contributed by atoms with Crippen LogP contribution in [0.25, 0.3) is 0 Å². The van der Waals surface area contributed by atoms with Gasteiger partial charge in [-0.2, -0.15) is 0 Å². The van der Waals surface area contributed by atoms with Crippen LogP contribution in [0.5, 0.6) is 0 Å². The lowest BCUT2D eigenvalue weighted by molar-refractivity contribution is 0.0241. The Bertz CT molecular complexity index is 246. The summed E-state index contributed by atoms with van der Waals surface area (Å²) in [7, 11) is 4.41. The molecule has 1 saturated carbocycles. The van der Waals surface area contributed by atoms with E-state index in [1.807, 2.05) is 0 Å². The van der Waals surface area contributed by atoms with Gasteiger partial charge in [-0.3, -0.25) is 4.90 Å². The Morgan fingerprint density at radius 3 is 2.29 bits per heavy atom. The van der Waals surface area contributed by atoms with Gasteiger partial charge in [-0.1, -0.05) is 13.3 Å². The topological polar surface area (TPSA) is 32.5 Å². The Morgan fingerprint density at radius 1 is 1.24 bits per heavy atom. The molecule has 0 bridgehead atoms. The Balaban J connectivity index is 1.99. The maximum atomic E-state index is 6.13. The van der Waals surface area contributed by atoms with Crippen molar-refractivity contribution in [2.45, 2.75) is 50.6 Å². The van der Waals surface area contributed by atoms with E-state index >= 15 is 0 Å². The normalized spacial score (nSPS) is 36.9. The number of likely N-dealkylation sites (tertiary alicyclic amines) is 1. The molecule has 0 aromatic rings. The van der Waals surface area contributed by atoms with Gasteiger partial charge < -0.3 is 10.6 Å². The summed E-state index contributed by atoms with van der Waals surface area (Å²) in [5.41, 5.74) is 6.46. The summed E-state index contributed by atoms with van der Waals surface area (Å²) in [4.78, 5) is 5.09. The number of hydrogen-bond acceptors (Lipinski definition) is 3. The Morgan fingerprint density at radius 2 is 1.88 bits per heavy atom. The van der Waals surface area contributed by atoms with Gasteiger partial charge in [0.05, 0.1) is 0 Å². The second-order valence-electron chi connectivity index (χ2n) is 6.28. The van der Waals surface area contributed by atoms with Crippen LogP contribution in [0.4, 0.5) is 0 Å². The molecular weight excluding hydrogens is 210 g/mol. The molecule has 2 rings (SSSR count). The van der Waals surface area contributed by atoms with Crippen LogP contribution in [0.3, 0.4) is 0 Å². The Labute approximate surface area is 106 Å². The van der Waals surface area contributed by atoms with Crippen molar-refractivity contribution in [2.24, 2.45) is 11.7 Å². The summed E-state index contributed by atoms with van der Waals surface area (Å²) in [5.74, 6) is 0.781. The molecule has 2 aliphatic rings. The summed E-state index contributed by atoms with van der Waals surface area (Å²) in [6, 6.07) is 0.776. The standard InChI is InChI=1S/C14H29N3/c1-12-5-4-8-14(12,11-15)17-9-6-13(7-10-17)16(2)3/h12-13H,4-11,15H2,1-3H3. The third-order valence-corrected chi connectivity index (χ3v) is 5.34. The summed E-state index contributed by atoms with van der Waals surface area (Å²) in [6.07, 6.45) is 6.66. The van der Waals surface area contributed by atoms with Gasteiger partial charge in [-0.25, -0.2) is 0 Å². The molecule has 2 fully saturated rings. The van der Waals surface area contributed by atoms with Crippen molar-refractivity contribution in [3.63, 3.8) is 0 Å². The van der Waals surface area contributed by atoms with Crippen LogP contribution in [0.2, 0.25) is 0 Å². The molecule has 1 saturated heterocycles.